The van der Waals surface area contributed by atoms with Gasteiger partial charge in [-0.25, -0.2) is 4.90 Å². The minimum absolute atomic E-state index is 0.101. The van der Waals surface area contributed by atoms with Crippen LogP contribution in [0.5, 0.6) is 11.5 Å². The molecule has 4 rings (SSSR count). The number of allylic oxidation sites excluding steroid dienone is 2. The van der Waals surface area contributed by atoms with Crippen molar-refractivity contribution < 1.29 is 19.1 Å². The lowest BCUT2D eigenvalue weighted by Crippen LogP contribution is -2.33. The Kier molecular flexibility index (Phi) is 3.59. The number of benzene rings is 1. The third kappa shape index (κ3) is 2.07. The van der Waals surface area contributed by atoms with Gasteiger partial charge in [0.15, 0.2) is 0 Å². The zero-order valence-electron chi connectivity index (χ0n) is 13.9. The summed E-state index contributed by atoms with van der Waals surface area (Å²) in [6.45, 7) is 4.77. The Morgan fingerprint density at radius 3 is 2.21 bits per heavy atom. The summed E-state index contributed by atoms with van der Waals surface area (Å²) in [5.41, 5.74) is 0.506. The second kappa shape index (κ2) is 5.65. The summed E-state index contributed by atoms with van der Waals surface area (Å²) >= 11 is 0. The molecule has 24 heavy (non-hydrogen) atoms. The highest BCUT2D eigenvalue weighted by atomic mass is 16.5. The van der Waals surface area contributed by atoms with Crippen LogP contribution >= 0.6 is 0 Å². The molecule has 0 aromatic heterocycles. The van der Waals surface area contributed by atoms with Crippen LogP contribution in [0.15, 0.2) is 30.4 Å². The van der Waals surface area contributed by atoms with E-state index in [-0.39, 0.29) is 35.5 Å². The Balaban J connectivity index is 1.74. The lowest BCUT2D eigenvalue weighted by atomic mass is 9.85. The van der Waals surface area contributed by atoms with Crippen LogP contribution in [-0.2, 0) is 9.59 Å². The summed E-state index contributed by atoms with van der Waals surface area (Å²) in [4.78, 5) is 27.3. The summed E-state index contributed by atoms with van der Waals surface area (Å²) in [6.07, 6.45) is 5.12. The van der Waals surface area contributed by atoms with Crippen LogP contribution < -0.4 is 14.4 Å². The normalized spacial score (nSPS) is 30.2. The molecule has 0 N–H and O–H groups in total. The largest absolute Gasteiger partial charge is 0.494 e. The fourth-order valence-corrected chi connectivity index (χ4v) is 4.35. The highest BCUT2D eigenvalue weighted by molar-refractivity contribution is 6.23. The highest BCUT2D eigenvalue weighted by Crippen LogP contribution is 2.54. The molecule has 1 saturated carbocycles. The third-order valence-corrected chi connectivity index (χ3v) is 5.25. The first kappa shape index (κ1) is 15.2. The quantitative estimate of drug-likeness (QED) is 0.616. The number of ether oxygens (including phenoxy) is 2. The van der Waals surface area contributed by atoms with Gasteiger partial charge in [0, 0.05) is 6.07 Å². The fraction of sp³-hybridized carbons (Fsp3) is 0.474. The topological polar surface area (TPSA) is 55.8 Å². The lowest BCUT2D eigenvalue weighted by Gasteiger charge is -2.21. The van der Waals surface area contributed by atoms with Gasteiger partial charge in [-0.05, 0) is 44.2 Å². The average molecular weight is 327 g/mol. The van der Waals surface area contributed by atoms with Crippen molar-refractivity contribution in [1.82, 2.24) is 0 Å². The standard InChI is InChI=1S/C19H21NO4/c1-3-23-13-7-8-15(24-4-2)14(10-13)20-18(21)16-11-5-6-12(9-11)17(16)19(20)22/h5-8,10-12,16-17H,3-4,9H2,1-2H3. The predicted molar refractivity (Wildman–Crippen MR) is 89.0 cm³/mol. The Hall–Kier alpha value is -2.30. The number of imide groups is 1. The minimum atomic E-state index is -0.210. The molecule has 1 aromatic rings. The first-order chi connectivity index (χ1) is 11.7. The van der Waals surface area contributed by atoms with Gasteiger partial charge in [-0.15, -0.1) is 0 Å². The molecule has 2 bridgehead atoms. The van der Waals surface area contributed by atoms with Crippen LogP contribution in [0.1, 0.15) is 20.3 Å². The van der Waals surface area contributed by atoms with E-state index in [0.29, 0.717) is 30.4 Å². The summed E-state index contributed by atoms with van der Waals surface area (Å²) in [5, 5.41) is 0. The van der Waals surface area contributed by atoms with Crippen molar-refractivity contribution in [1.29, 1.82) is 0 Å². The summed E-state index contributed by atoms with van der Waals surface area (Å²) in [6, 6.07) is 5.31. The molecule has 2 fully saturated rings. The van der Waals surface area contributed by atoms with Crippen molar-refractivity contribution in [2.45, 2.75) is 20.3 Å². The van der Waals surface area contributed by atoms with Crippen molar-refractivity contribution in [3.8, 4) is 11.5 Å². The van der Waals surface area contributed by atoms with E-state index in [4.69, 9.17) is 9.47 Å². The Morgan fingerprint density at radius 1 is 1.00 bits per heavy atom. The van der Waals surface area contributed by atoms with E-state index in [0.717, 1.165) is 6.42 Å². The van der Waals surface area contributed by atoms with Crippen LogP contribution in [0.3, 0.4) is 0 Å². The summed E-state index contributed by atoms with van der Waals surface area (Å²) in [5.74, 6) is 0.958. The van der Waals surface area contributed by atoms with Crippen molar-refractivity contribution in [2.75, 3.05) is 18.1 Å². The minimum Gasteiger partial charge on any atom is -0.494 e. The molecular formula is C19H21NO4. The van der Waals surface area contributed by atoms with E-state index < -0.39 is 0 Å². The first-order valence-electron chi connectivity index (χ1n) is 8.61. The molecule has 4 atom stereocenters. The summed E-state index contributed by atoms with van der Waals surface area (Å²) in [7, 11) is 0. The first-order valence-corrected chi connectivity index (χ1v) is 8.61. The number of carbonyl (C=O) groups excluding carboxylic acids is 2. The molecule has 2 aliphatic carbocycles. The van der Waals surface area contributed by atoms with E-state index in [9.17, 15) is 9.59 Å². The van der Waals surface area contributed by atoms with Crippen molar-refractivity contribution in [2.24, 2.45) is 23.7 Å². The maximum Gasteiger partial charge on any atom is 0.238 e. The van der Waals surface area contributed by atoms with Gasteiger partial charge >= 0.3 is 0 Å². The Morgan fingerprint density at radius 2 is 1.62 bits per heavy atom. The fourth-order valence-electron chi connectivity index (χ4n) is 4.35. The Bertz CT molecular complexity index is 696. The maximum atomic E-state index is 13.0. The average Bonchev–Trinajstić information content (AvgIpc) is 3.24. The van der Waals surface area contributed by atoms with Gasteiger partial charge in [0.2, 0.25) is 11.8 Å². The third-order valence-electron chi connectivity index (χ3n) is 5.25. The molecule has 2 amide bonds. The number of anilines is 1. The van der Waals surface area contributed by atoms with E-state index in [2.05, 4.69) is 12.2 Å². The molecule has 0 spiro atoms. The number of rotatable bonds is 5. The van der Waals surface area contributed by atoms with Gasteiger partial charge < -0.3 is 9.47 Å². The number of carbonyl (C=O) groups is 2. The molecule has 0 radical (unpaired) electrons. The number of hydrogen-bond acceptors (Lipinski definition) is 4. The number of fused-ring (bicyclic) bond motifs is 5. The number of nitrogens with zero attached hydrogens (tertiary/aromatic N) is 1. The van der Waals surface area contributed by atoms with Gasteiger partial charge in [0.1, 0.15) is 11.5 Å². The number of amides is 2. The zero-order chi connectivity index (χ0) is 16.8. The SMILES string of the molecule is CCOc1ccc(OCC)c(N2C(=O)C3C4C=CC(C4)C3C2=O)c1. The van der Waals surface area contributed by atoms with E-state index >= 15 is 0 Å². The van der Waals surface area contributed by atoms with Gasteiger partial charge in [-0.1, -0.05) is 12.2 Å². The monoisotopic (exact) mass is 327 g/mol. The van der Waals surface area contributed by atoms with Crippen molar-refractivity contribution in [3.63, 3.8) is 0 Å². The van der Waals surface area contributed by atoms with Crippen LogP contribution in [0.25, 0.3) is 0 Å². The molecular weight excluding hydrogens is 306 g/mol. The Labute approximate surface area is 141 Å². The molecule has 5 heteroatoms. The molecule has 1 aromatic carbocycles. The summed E-state index contributed by atoms with van der Waals surface area (Å²) < 4.78 is 11.2. The van der Waals surface area contributed by atoms with Gasteiger partial charge in [-0.3, -0.25) is 9.59 Å². The van der Waals surface area contributed by atoms with Gasteiger partial charge in [0.05, 0.1) is 30.7 Å². The molecule has 1 aliphatic heterocycles. The molecule has 1 heterocycles. The predicted octanol–water partition coefficient (Wildman–Crippen LogP) is 2.80. The van der Waals surface area contributed by atoms with E-state index in [1.54, 1.807) is 18.2 Å². The van der Waals surface area contributed by atoms with Crippen LogP contribution in [0.4, 0.5) is 5.69 Å². The van der Waals surface area contributed by atoms with Crippen LogP contribution in [0, 0.1) is 23.7 Å². The van der Waals surface area contributed by atoms with Gasteiger partial charge in [0.25, 0.3) is 0 Å². The second-order valence-electron chi connectivity index (χ2n) is 6.51. The van der Waals surface area contributed by atoms with E-state index in [1.165, 1.54) is 4.90 Å². The lowest BCUT2D eigenvalue weighted by molar-refractivity contribution is -0.123. The molecule has 126 valence electrons. The van der Waals surface area contributed by atoms with Crippen LogP contribution in [-0.4, -0.2) is 25.0 Å². The van der Waals surface area contributed by atoms with E-state index in [1.807, 2.05) is 13.8 Å². The highest BCUT2D eigenvalue weighted by Gasteiger charge is 2.59. The smallest absolute Gasteiger partial charge is 0.238 e. The molecule has 4 unspecified atom stereocenters. The van der Waals surface area contributed by atoms with Crippen LogP contribution in [0.2, 0.25) is 0 Å². The zero-order valence-corrected chi connectivity index (χ0v) is 13.9. The molecule has 5 nitrogen and oxygen atoms in total. The maximum absolute atomic E-state index is 13.0. The van der Waals surface area contributed by atoms with Gasteiger partial charge in [-0.2, -0.15) is 0 Å². The second-order valence-corrected chi connectivity index (χ2v) is 6.51. The number of hydrogen-bond donors (Lipinski definition) is 0. The van der Waals surface area contributed by atoms with Crippen molar-refractivity contribution in [3.05, 3.63) is 30.4 Å². The molecule has 1 saturated heterocycles. The van der Waals surface area contributed by atoms with Crippen molar-refractivity contribution >= 4 is 17.5 Å². The molecule has 3 aliphatic rings.